The highest BCUT2D eigenvalue weighted by Crippen LogP contribution is 2.23. The fourth-order valence-electron chi connectivity index (χ4n) is 3.24. The van der Waals surface area contributed by atoms with Crippen molar-refractivity contribution in [3.63, 3.8) is 0 Å². The number of nitrogens with one attached hydrogen (secondary N) is 1. The Morgan fingerprint density at radius 2 is 2.13 bits per heavy atom. The van der Waals surface area contributed by atoms with Crippen LogP contribution in [0.15, 0.2) is 22.6 Å². The van der Waals surface area contributed by atoms with Crippen molar-refractivity contribution in [3.05, 3.63) is 28.6 Å². The van der Waals surface area contributed by atoms with E-state index in [9.17, 15) is 4.79 Å². The van der Waals surface area contributed by atoms with Gasteiger partial charge in [-0.05, 0) is 43.3 Å². The average molecular weight is 334 g/mol. The number of H-pyrrole nitrogens is 1. The molecule has 0 aliphatic carbocycles. The van der Waals surface area contributed by atoms with Crippen molar-refractivity contribution < 1.29 is 18.7 Å². The van der Waals surface area contributed by atoms with Gasteiger partial charge in [0.15, 0.2) is 5.58 Å². The molecule has 23 heavy (non-hydrogen) atoms. The minimum atomic E-state index is -0.0323. The van der Waals surface area contributed by atoms with Crippen LogP contribution in [0.1, 0.15) is 23.2 Å². The zero-order valence-corrected chi connectivity index (χ0v) is 13.4. The van der Waals surface area contributed by atoms with Crippen LogP contribution in [0.3, 0.4) is 0 Å². The monoisotopic (exact) mass is 334 g/mol. The van der Waals surface area contributed by atoms with Crippen molar-refractivity contribution in [1.29, 1.82) is 0 Å². The van der Waals surface area contributed by atoms with Crippen LogP contribution in [0, 0.1) is 4.84 Å². The second kappa shape index (κ2) is 6.07. The Morgan fingerprint density at radius 1 is 1.26 bits per heavy atom. The van der Waals surface area contributed by atoms with Crippen LogP contribution in [-0.2, 0) is 9.47 Å². The van der Waals surface area contributed by atoms with Crippen molar-refractivity contribution in [2.45, 2.75) is 25.0 Å². The maximum atomic E-state index is 12.8. The van der Waals surface area contributed by atoms with Crippen LogP contribution in [0.4, 0.5) is 0 Å². The number of hydrogen-bond acceptors (Lipinski definition) is 5. The summed E-state index contributed by atoms with van der Waals surface area (Å²) in [7, 11) is 0. The number of oxazole rings is 1. The molecule has 1 aromatic heterocycles. The van der Waals surface area contributed by atoms with Gasteiger partial charge in [0.25, 0.3) is 10.7 Å². The molecular formula is C16H18N2O4S. The molecule has 0 radical (unpaired) electrons. The molecule has 6 nitrogen and oxygen atoms in total. The molecule has 1 N–H and O–H groups in total. The molecule has 0 unspecified atom stereocenters. The number of carbonyl (C=O) groups is 1. The quantitative estimate of drug-likeness (QED) is 0.855. The summed E-state index contributed by atoms with van der Waals surface area (Å²) in [5.41, 5.74) is 2.00. The fourth-order valence-corrected chi connectivity index (χ4v) is 3.44. The minimum absolute atomic E-state index is 0.0134. The Balaban J connectivity index is 1.53. The predicted molar refractivity (Wildman–Crippen MR) is 86.0 cm³/mol. The third-order valence-corrected chi connectivity index (χ3v) is 4.61. The summed E-state index contributed by atoms with van der Waals surface area (Å²) in [6.45, 7) is 2.49. The van der Waals surface area contributed by atoms with Crippen molar-refractivity contribution in [2.75, 3.05) is 26.3 Å². The van der Waals surface area contributed by atoms with Gasteiger partial charge in [-0.25, -0.2) is 0 Å². The highest BCUT2D eigenvalue weighted by atomic mass is 32.1. The van der Waals surface area contributed by atoms with E-state index in [4.69, 9.17) is 26.1 Å². The maximum Gasteiger partial charge on any atom is 0.266 e. The normalized spacial score (nSPS) is 25.1. The van der Waals surface area contributed by atoms with Crippen molar-refractivity contribution in [2.24, 2.45) is 0 Å². The first-order chi connectivity index (χ1) is 11.2. The lowest BCUT2D eigenvalue weighted by Gasteiger charge is -2.35. The Hall–Kier alpha value is -1.70. The van der Waals surface area contributed by atoms with Crippen molar-refractivity contribution in [3.8, 4) is 0 Å². The van der Waals surface area contributed by atoms with Gasteiger partial charge in [0.05, 0.1) is 18.2 Å². The average Bonchev–Trinajstić information content (AvgIpc) is 3.22. The smallest absolute Gasteiger partial charge is 0.266 e. The molecule has 1 aromatic carbocycles. The lowest BCUT2D eigenvalue weighted by Crippen LogP contribution is -2.49. The van der Waals surface area contributed by atoms with Crippen LogP contribution in [0.25, 0.3) is 11.1 Å². The number of amides is 1. The zero-order chi connectivity index (χ0) is 15.8. The predicted octanol–water partition coefficient (Wildman–Crippen LogP) is 2.51. The number of morpholine rings is 1. The topological polar surface area (TPSA) is 67.7 Å². The van der Waals surface area contributed by atoms with Crippen LogP contribution in [0.5, 0.6) is 0 Å². The molecule has 4 rings (SSSR count). The summed E-state index contributed by atoms with van der Waals surface area (Å²) < 4.78 is 16.9. The third-order valence-electron chi connectivity index (χ3n) is 4.43. The van der Waals surface area contributed by atoms with Crippen LogP contribution in [-0.4, -0.2) is 54.3 Å². The largest absolute Gasteiger partial charge is 0.429 e. The molecule has 122 valence electrons. The molecule has 2 aromatic rings. The van der Waals surface area contributed by atoms with Crippen LogP contribution in [0.2, 0.25) is 0 Å². The van der Waals surface area contributed by atoms with Gasteiger partial charge in [0.2, 0.25) is 0 Å². The molecular weight excluding hydrogens is 316 g/mol. The number of benzene rings is 1. The molecule has 3 heterocycles. The number of hydrogen-bond donors (Lipinski definition) is 1. The summed E-state index contributed by atoms with van der Waals surface area (Å²) >= 11 is 4.98. The Kier molecular flexibility index (Phi) is 3.92. The van der Waals surface area contributed by atoms with E-state index in [1.165, 1.54) is 0 Å². The van der Waals surface area contributed by atoms with Gasteiger partial charge >= 0.3 is 0 Å². The van der Waals surface area contributed by atoms with Crippen LogP contribution >= 0.6 is 12.2 Å². The van der Waals surface area contributed by atoms with E-state index >= 15 is 0 Å². The number of aromatic nitrogens is 1. The number of ether oxygens (including phenoxy) is 2. The van der Waals surface area contributed by atoms with Crippen molar-refractivity contribution >= 4 is 29.2 Å². The molecule has 2 fully saturated rings. The van der Waals surface area contributed by atoms with Gasteiger partial charge < -0.3 is 23.8 Å². The second-order valence-corrected chi connectivity index (χ2v) is 6.31. The summed E-state index contributed by atoms with van der Waals surface area (Å²) in [6, 6.07) is 5.35. The molecule has 2 atom stereocenters. The summed E-state index contributed by atoms with van der Waals surface area (Å²) in [6.07, 6.45) is 2.14. The zero-order valence-electron chi connectivity index (χ0n) is 12.6. The third kappa shape index (κ3) is 2.91. The number of rotatable bonds is 2. The summed E-state index contributed by atoms with van der Waals surface area (Å²) in [4.78, 5) is 17.8. The molecule has 1 amide bonds. The van der Waals surface area contributed by atoms with Crippen LogP contribution < -0.4 is 0 Å². The molecule has 0 saturated carbocycles. The van der Waals surface area contributed by atoms with E-state index in [0.717, 1.165) is 25.0 Å². The number of carbonyl (C=O) groups excluding carboxylic acids is 1. The number of nitrogens with zero attached hydrogens (tertiary/aromatic N) is 1. The Morgan fingerprint density at radius 3 is 2.96 bits per heavy atom. The van der Waals surface area contributed by atoms with Gasteiger partial charge in [0.1, 0.15) is 6.10 Å². The molecule has 7 heteroatoms. The van der Waals surface area contributed by atoms with Crippen molar-refractivity contribution in [1.82, 2.24) is 9.88 Å². The van der Waals surface area contributed by atoms with E-state index < -0.39 is 0 Å². The van der Waals surface area contributed by atoms with E-state index in [1.54, 1.807) is 12.1 Å². The van der Waals surface area contributed by atoms with E-state index in [-0.39, 0.29) is 18.1 Å². The first-order valence-corrected chi connectivity index (χ1v) is 8.27. The Bertz CT molecular complexity index is 778. The van der Waals surface area contributed by atoms with Gasteiger partial charge in [-0.3, -0.25) is 4.79 Å². The highest BCUT2D eigenvalue weighted by molar-refractivity contribution is 7.71. The van der Waals surface area contributed by atoms with Gasteiger partial charge in [-0.15, -0.1) is 0 Å². The van der Waals surface area contributed by atoms with E-state index in [1.807, 2.05) is 11.0 Å². The van der Waals surface area contributed by atoms with Gasteiger partial charge in [0, 0.05) is 25.3 Å². The number of aromatic amines is 1. The minimum Gasteiger partial charge on any atom is -0.429 e. The molecule has 0 spiro atoms. The first-order valence-electron chi connectivity index (χ1n) is 7.86. The first kappa shape index (κ1) is 14.9. The molecule has 0 bridgehead atoms. The van der Waals surface area contributed by atoms with E-state index in [0.29, 0.717) is 35.7 Å². The molecule has 2 aliphatic heterocycles. The fraction of sp³-hybridized carbons (Fsp3) is 0.500. The van der Waals surface area contributed by atoms with Gasteiger partial charge in [-0.2, -0.15) is 0 Å². The SMILES string of the molecule is O=C(c1ccc2[nH]c(=S)oc2c1)N1CCO[C@H]([C@@H]2CCCO2)C1. The van der Waals surface area contributed by atoms with Gasteiger partial charge in [-0.1, -0.05) is 0 Å². The molecule has 2 aliphatic rings. The summed E-state index contributed by atoms with van der Waals surface area (Å²) in [5.74, 6) is -0.0134. The maximum absolute atomic E-state index is 12.8. The Labute approximate surface area is 138 Å². The van der Waals surface area contributed by atoms with E-state index in [2.05, 4.69) is 4.98 Å². The number of fused-ring (bicyclic) bond motifs is 1. The second-order valence-electron chi connectivity index (χ2n) is 5.94. The standard InChI is InChI=1S/C16H18N2O4S/c19-15(10-3-4-11-13(8-10)22-16(23)17-11)18-5-7-21-14(9-18)12-2-1-6-20-12/h3-4,8,12,14H,1-2,5-7,9H2,(H,17,23)/t12-,14-/m0/s1. The molecule has 2 saturated heterocycles. The lowest BCUT2D eigenvalue weighted by atomic mass is 10.1. The summed E-state index contributed by atoms with van der Waals surface area (Å²) in [5, 5.41) is 0. The highest BCUT2D eigenvalue weighted by Gasteiger charge is 2.33. The lowest BCUT2D eigenvalue weighted by molar-refractivity contribution is -0.0867.